The number of hydrogen-bond acceptors (Lipinski definition) is 3. The van der Waals surface area contributed by atoms with Crippen LogP contribution in [-0.4, -0.2) is 26.6 Å². The molecule has 0 fully saturated rings. The Morgan fingerprint density at radius 3 is 2.38 bits per heavy atom. The van der Waals surface area contributed by atoms with Gasteiger partial charge in [-0.05, 0) is 55.7 Å². The second-order valence-electron chi connectivity index (χ2n) is 6.94. The van der Waals surface area contributed by atoms with Gasteiger partial charge < -0.3 is 5.32 Å². The Kier molecular flexibility index (Phi) is 6.62. The quantitative estimate of drug-likeness (QED) is 0.761. The van der Waals surface area contributed by atoms with Crippen molar-refractivity contribution < 1.29 is 26.4 Å². The minimum absolute atomic E-state index is 0.155. The second-order valence-corrected chi connectivity index (χ2v) is 8.80. The lowest BCUT2D eigenvalue weighted by Crippen LogP contribution is -2.48. The van der Waals surface area contributed by atoms with Gasteiger partial charge in [0.25, 0.3) is 0 Å². The Labute approximate surface area is 168 Å². The molecule has 1 atom stereocenters. The van der Waals surface area contributed by atoms with Gasteiger partial charge in [0.05, 0.1) is 17.5 Å². The number of sulfonamides is 1. The van der Waals surface area contributed by atoms with Crippen molar-refractivity contribution in [2.75, 3.05) is 10.6 Å². The van der Waals surface area contributed by atoms with E-state index in [2.05, 4.69) is 5.32 Å². The lowest BCUT2D eigenvalue weighted by atomic mass is 10.1. The van der Waals surface area contributed by atoms with Crippen LogP contribution >= 0.6 is 0 Å². The highest BCUT2D eigenvalue weighted by atomic mass is 32.2. The summed E-state index contributed by atoms with van der Waals surface area (Å²) in [6.45, 7) is 4.82. The first kappa shape index (κ1) is 22.7. The number of carbonyl (C=O) groups is 1. The molecular formula is C20H23F3N2O3S. The molecule has 0 radical (unpaired) electrons. The van der Waals surface area contributed by atoms with Crippen LogP contribution in [0.4, 0.5) is 18.9 Å². The molecule has 0 bridgehead atoms. The molecule has 0 saturated carbocycles. The van der Waals surface area contributed by atoms with Gasteiger partial charge in [0.1, 0.15) is 6.04 Å². The molecular weight excluding hydrogens is 405 g/mol. The zero-order chi connectivity index (χ0) is 22.0. The Hall–Kier alpha value is -2.55. The number of halogens is 3. The summed E-state index contributed by atoms with van der Waals surface area (Å²) in [7, 11) is -3.79. The van der Waals surface area contributed by atoms with Crippen LogP contribution in [0.15, 0.2) is 42.5 Å². The summed E-state index contributed by atoms with van der Waals surface area (Å²) in [6, 6.07) is 8.78. The zero-order valence-electron chi connectivity index (χ0n) is 16.5. The fourth-order valence-electron chi connectivity index (χ4n) is 2.93. The van der Waals surface area contributed by atoms with Crippen LogP contribution < -0.4 is 9.62 Å². The van der Waals surface area contributed by atoms with E-state index in [0.29, 0.717) is 11.3 Å². The van der Waals surface area contributed by atoms with E-state index in [9.17, 15) is 26.4 Å². The number of hydrogen-bond donors (Lipinski definition) is 1. The van der Waals surface area contributed by atoms with Crippen molar-refractivity contribution in [1.29, 1.82) is 0 Å². The third-order valence-electron chi connectivity index (χ3n) is 4.41. The predicted octanol–water partition coefficient (Wildman–Crippen LogP) is 3.79. The second kappa shape index (κ2) is 8.44. The van der Waals surface area contributed by atoms with Crippen LogP contribution in [0.3, 0.4) is 0 Å². The number of alkyl halides is 3. The number of benzene rings is 2. The molecule has 2 rings (SSSR count). The van der Waals surface area contributed by atoms with Gasteiger partial charge in [-0.2, -0.15) is 13.2 Å². The molecule has 5 nitrogen and oxygen atoms in total. The van der Waals surface area contributed by atoms with Gasteiger partial charge >= 0.3 is 6.18 Å². The van der Waals surface area contributed by atoms with E-state index in [-0.39, 0.29) is 12.1 Å². The average molecular weight is 428 g/mol. The van der Waals surface area contributed by atoms with Gasteiger partial charge in [-0.15, -0.1) is 0 Å². The summed E-state index contributed by atoms with van der Waals surface area (Å²) in [5.74, 6) is -0.617. The summed E-state index contributed by atoms with van der Waals surface area (Å²) in [4.78, 5) is 12.6. The fraction of sp³-hybridized carbons (Fsp3) is 0.350. The molecule has 9 heteroatoms. The van der Waals surface area contributed by atoms with Gasteiger partial charge in [-0.1, -0.05) is 24.3 Å². The van der Waals surface area contributed by atoms with Gasteiger partial charge in [-0.3, -0.25) is 9.10 Å². The predicted molar refractivity (Wildman–Crippen MR) is 106 cm³/mol. The van der Waals surface area contributed by atoms with Crippen molar-refractivity contribution in [2.45, 2.75) is 39.5 Å². The molecule has 1 N–H and O–H groups in total. The third-order valence-corrected chi connectivity index (χ3v) is 5.64. The maximum Gasteiger partial charge on any atom is 0.416 e. The molecule has 0 heterocycles. The van der Waals surface area contributed by atoms with Crippen molar-refractivity contribution in [3.8, 4) is 0 Å². The third kappa shape index (κ3) is 5.72. The van der Waals surface area contributed by atoms with Crippen LogP contribution in [0, 0.1) is 13.8 Å². The topological polar surface area (TPSA) is 66.5 Å². The molecule has 158 valence electrons. The summed E-state index contributed by atoms with van der Waals surface area (Å²) >= 11 is 0. The van der Waals surface area contributed by atoms with Crippen LogP contribution in [-0.2, 0) is 27.5 Å². The molecule has 0 aliphatic rings. The molecule has 1 amide bonds. The van der Waals surface area contributed by atoms with Crippen molar-refractivity contribution in [1.82, 2.24) is 5.32 Å². The molecule has 29 heavy (non-hydrogen) atoms. The van der Waals surface area contributed by atoms with Gasteiger partial charge in [-0.25, -0.2) is 8.42 Å². The first-order chi connectivity index (χ1) is 13.3. The number of anilines is 1. The molecule has 2 aromatic carbocycles. The number of amides is 1. The monoisotopic (exact) mass is 428 g/mol. The van der Waals surface area contributed by atoms with Crippen LogP contribution in [0.1, 0.15) is 29.2 Å². The lowest BCUT2D eigenvalue weighted by Gasteiger charge is -2.29. The van der Waals surface area contributed by atoms with Gasteiger partial charge in [0.2, 0.25) is 15.9 Å². The van der Waals surface area contributed by atoms with Crippen LogP contribution in [0.2, 0.25) is 0 Å². The molecule has 0 aliphatic heterocycles. The van der Waals surface area contributed by atoms with Crippen LogP contribution in [0.25, 0.3) is 0 Å². The van der Waals surface area contributed by atoms with Crippen molar-refractivity contribution in [3.63, 3.8) is 0 Å². The Morgan fingerprint density at radius 1 is 1.14 bits per heavy atom. The van der Waals surface area contributed by atoms with E-state index in [4.69, 9.17) is 0 Å². The number of aryl methyl sites for hydroxylation is 2. The summed E-state index contributed by atoms with van der Waals surface area (Å²) in [5.41, 5.74) is 1.34. The van der Waals surface area contributed by atoms with Crippen LogP contribution in [0.5, 0.6) is 0 Å². The van der Waals surface area contributed by atoms with E-state index >= 15 is 0 Å². The van der Waals surface area contributed by atoms with E-state index in [1.807, 2.05) is 13.0 Å². The number of nitrogens with zero attached hydrogens (tertiary/aromatic N) is 1. The van der Waals surface area contributed by atoms with E-state index in [0.717, 1.165) is 28.3 Å². The highest BCUT2D eigenvalue weighted by Crippen LogP contribution is 2.29. The van der Waals surface area contributed by atoms with Gasteiger partial charge in [0, 0.05) is 6.54 Å². The normalized spacial score (nSPS) is 13.1. The maximum atomic E-state index is 12.8. The SMILES string of the molecule is Cc1ccc(C)c(N([C@H](C)C(=O)NCc2cccc(C(F)(F)F)c2)S(C)(=O)=O)c1. The standard InChI is InChI=1S/C20H23F3N2O3S/c1-13-8-9-14(2)18(10-13)25(29(4,27)28)15(3)19(26)24-12-16-6-5-7-17(11-16)20(21,22)23/h5-11,15H,12H2,1-4H3,(H,24,26)/t15-/m1/s1. The number of nitrogens with one attached hydrogen (secondary N) is 1. The number of carbonyl (C=O) groups excluding carboxylic acids is 1. The van der Waals surface area contributed by atoms with Crippen molar-refractivity contribution >= 4 is 21.6 Å². The Balaban J connectivity index is 2.24. The first-order valence-corrected chi connectivity index (χ1v) is 10.7. The molecule has 0 aliphatic carbocycles. The van der Waals surface area contributed by atoms with Gasteiger partial charge in [0.15, 0.2) is 0 Å². The van der Waals surface area contributed by atoms with E-state index in [1.165, 1.54) is 19.1 Å². The molecule has 0 aromatic heterocycles. The molecule has 2 aromatic rings. The first-order valence-electron chi connectivity index (χ1n) is 8.81. The highest BCUT2D eigenvalue weighted by Gasteiger charge is 2.31. The van der Waals surface area contributed by atoms with Crippen molar-refractivity contribution in [3.05, 3.63) is 64.7 Å². The van der Waals surface area contributed by atoms with Crippen molar-refractivity contribution in [2.24, 2.45) is 0 Å². The minimum atomic E-state index is -4.48. The van der Waals surface area contributed by atoms with E-state index < -0.39 is 33.7 Å². The fourth-order valence-corrected chi connectivity index (χ4v) is 4.16. The summed E-state index contributed by atoms with van der Waals surface area (Å²) in [6.07, 6.45) is -3.48. The summed E-state index contributed by atoms with van der Waals surface area (Å²) in [5, 5.41) is 2.52. The Morgan fingerprint density at radius 2 is 1.79 bits per heavy atom. The largest absolute Gasteiger partial charge is 0.416 e. The molecule has 0 unspecified atom stereocenters. The maximum absolute atomic E-state index is 12.8. The Bertz CT molecular complexity index is 1000. The zero-order valence-corrected chi connectivity index (χ0v) is 17.4. The smallest absolute Gasteiger partial charge is 0.350 e. The average Bonchev–Trinajstić information content (AvgIpc) is 2.61. The molecule has 0 spiro atoms. The minimum Gasteiger partial charge on any atom is -0.350 e. The lowest BCUT2D eigenvalue weighted by molar-refractivity contribution is -0.137. The summed E-state index contributed by atoms with van der Waals surface area (Å²) < 4.78 is 64.3. The highest BCUT2D eigenvalue weighted by molar-refractivity contribution is 7.92. The molecule has 0 saturated heterocycles. The number of rotatable bonds is 6. The van der Waals surface area contributed by atoms with E-state index in [1.54, 1.807) is 19.1 Å².